The van der Waals surface area contributed by atoms with Gasteiger partial charge in [-0.2, -0.15) is 0 Å². The lowest BCUT2D eigenvalue weighted by Crippen LogP contribution is -2.56. The second-order valence-corrected chi connectivity index (χ2v) is 8.09. The predicted octanol–water partition coefficient (Wildman–Crippen LogP) is 2.77. The van der Waals surface area contributed by atoms with E-state index in [1.54, 1.807) is 11.3 Å². The van der Waals surface area contributed by atoms with E-state index in [2.05, 4.69) is 5.38 Å². The Morgan fingerprint density at radius 3 is 2.83 bits per heavy atom. The molecule has 4 nitrogen and oxygen atoms in total. The molecule has 1 aliphatic carbocycles. The SMILES string of the molecule is O=C(c1csc2c1CCCC2)N1CCC2(CC1)OCCCC2O. The van der Waals surface area contributed by atoms with Gasteiger partial charge < -0.3 is 14.7 Å². The molecule has 2 fully saturated rings. The fourth-order valence-corrected chi connectivity index (χ4v) is 5.44. The van der Waals surface area contributed by atoms with Crippen molar-refractivity contribution in [3.05, 3.63) is 21.4 Å². The molecule has 1 spiro atoms. The molecular formula is C18H25NO3S. The second kappa shape index (κ2) is 6.19. The normalized spacial score (nSPS) is 27.0. The molecule has 0 aromatic carbocycles. The van der Waals surface area contributed by atoms with E-state index in [-0.39, 0.29) is 12.0 Å². The van der Waals surface area contributed by atoms with E-state index >= 15 is 0 Å². The maximum Gasteiger partial charge on any atom is 0.254 e. The monoisotopic (exact) mass is 335 g/mol. The number of rotatable bonds is 1. The van der Waals surface area contributed by atoms with E-state index in [1.165, 1.54) is 23.3 Å². The zero-order valence-electron chi connectivity index (χ0n) is 13.6. The zero-order chi connectivity index (χ0) is 15.9. The Morgan fingerprint density at radius 2 is 2.04 bits per heavy atom. The summed E-state index contributed by atoms with van der Waals surface area (Å²) in [5.41, 5.74) is 1.84. The first-order chi connectivity index (χ1) is 11.2. The van der Waals surface area contributed by atoms with Crippen molar-refractivity contribution in [2.45, 2.75) is 63.1 Å². The van der Waals surface area contributed by atoms with Crippen molar-refractivity contribution in [1.82, 2.24) is 4.90 Å². The lowest BCUT2D eigenvalue weighted by molar-refractivity contribution is -0.174. The van der Waals surface area contributed by atoms with Crippen LogP contribution < -0.4 is 0 Å². The minimum Gasteiger partial charge on any atom is -0.390 e. The highest BCUT2D eigenvalue weighted by Crippen LogP contribution is 2.36. The van der Waals surface area contributed by atoms with Crippen LogP contribution in [0.15, 0.2) is 5.38 Å². The van der Waals surface area contributed by atoms with Gasteiger partial charge >= 0.3 is 0 Å². The van der Waals surface area contributed by atoms with Crippen LogP contribution in [0.25, 0.3) is 0 Å². The fourth-order valence-electron chi connectivity index (χ4n) is 4.32. The number of aliphatic hydroxyl groups excluding tert-OH is 1. The molecule has 1 N–H and O–H groups in total. The number of fused-ring (bicyclic) bond motifs is 1. The number of aryl methyl sites for hydroxylation is 1. The number of ether oxygens (including phenoxy) is 1. The molecule has 2 saturated heterocycles. The van der Waals surface area contributed by atoms with Crippen molar-refractivity contribution in [3.63, 3.8) is 0 Å². The summed E-state index contributed by atoms with van der Waals surface area (Å²) in [4.78, 5) is 16.3. The summed E-state index contributed by atoms with van der Waals surface area (Å²) in [6, 6.07) is 0. The van der Waals surface area contributed by atoms with Crippen LogP contribution in [-0.4, -0.2) is 47.3 Å². The Morgan fingerprint density at radius 1 is 1.26 bits per heavy atom. The van der Waals surface area contributed by atoms with Gasteiger partial charge in [0.15, 0.2) is 0 Å². The third-order valence-electron chi connectivity index (χ3n) is 5.81. The first kappa shape index (κ1) is 15.6. The second-order valence-electron chi connectivity index (χ2n) is 7.12. The summed E-state index contributed by atoms with van der Waals surface area (Å²) >= 11 is 1.75. The highest BCUT2D eigenvalue weighted by Gasteiger charge is 2.44. The number of aliphatic hydroxyl groups is 1. The molecule has 0 saturated carbocycles. The van der Waals surface area contributed by atoms with Crippen molar-refractivity contribution >= 4 is 17.2 Å². The number of piperidine rings is 1. The molecule has 3 aliphatic rings. The van der Waals surface area contributed by atoms with E-state index in [0.29, 0.717) is 13.1 Å². The average molecular weight is 335 g/mol. The number of carbonyl (C=O) groups excluding carboxylic acids is 1. The molecule has 2 aliphatic heterocycles. The van der Waals surface area contributed by atoms with Crippen molar-refractivity contribution in [3.8, 4) is 0 Å². The molecule has 0 bridgehead atoms. The Bertz CT molecular complexity index is 589. The average Bonchev–Trinajstić information content (AvgIpc) is 3.02. The van der Waals surface area contributed by atoms with Gasteiger partial charge in [-0.05, 0) is 56.9 Å². The molecule has 1 atom stereocenters. The maximum atomic E-state index is 12.9. The largest absolute Gasteiger partial charge is 0.390 e. The van der Waals surface area contributed by atoms with Crippen LogP contribution in [0.2, 0.25) is 0 Å². The number of likely N-dealkylation sites (tertiary alicyclic amines) is 1. The lowest BCUT2D eigenvalue weighted by Gasteiger charge is -2.46. The Labute approximate surface area is 141 Å². The summed E-state index contributed by atoms with van der Waals surface area (Å²) in [7, 11) is 0. The van der Waals surface area contributed by atoms with Gasteiger partial charge in [-0.3, -0.25) is 4.79 Å². The quantitative estimate of drug-likeness (QED) is 0.858. The molecule has 1 unspecified atom stereocenters. The summed E-state index contributed by atoms with van der Waals surface area (Å²) < 4.78 is 5.94. The highest BCUT2D eigenvalue weighted by molar-refractivity contribution is 7.10. The van der Waals surface area contributed by atoms with Gasteiger partial charge in [0, 0.05) is 30.0 Å². The number of hydrogen-bond acceptors (Lipinski definition) is 4. The molecule has 0 radical (unpaired) electrons. The molecular weight excluding hydrogens is 310 g/mol. The minimum absolute atomic E-state index is 0.185. The van der Waals surface area contributed by atoms with Crippen molar-refractivity contribution in [2.24, 2.45) is 0 Å². The van der Waals surface area contributed by atoms with Crippen molar-refractivity contribution in [1.29, 1.82) is 0 Å². The first-order valence-corrected chi connectivity index (χ1v) is 9.78. The number of carbonyl (C=O) groups is 1. The van der Waals surface area contributed by atoms with E-state index in [4.69, 9.17) is 4.74 Å². The third kappa shape index (κ3) is 2.73. The predicted molar refractivity (Wildman–Crippen MR) is 90.0 cm³/mol. The smallest absolute Gasteiger partial charge is 0.254 e. The van der Waals surface area contributed by atoms with Gasteiger partial charge in [-0.25, -0.2) is 0 Å². The molecule has 126 valence electrons. The van der Waals surface area contributed by atoms with Crippen molar-refractivity contribution < 1.29 is 14.6 Å². The number of amides is 1. The third-order valence-corrected chi connectivity index (χ3v) is 6.90. The minimum atomic E-state index is -0.400. The van der Waals surface area contributed by atoms with Crippen molar-refractivity contribution in [2.75, 3.05) is 19.7 Å². The van der Waals surface area contributed by atoms with Gasteiger partial charge in [0.25, 0.3) is 5.91 Å². The lowest BCUT2D eigenvalue weighted by atomic mass is 9.82. The maximum absolute atomic E-state index is 12.9. The summed E-state index contributed by atoms with van der Waals surface area (Å²) in [6.07, 6.45) is 7.55. The Balaban J connectivity index is 1.46. The topological polar surface area (TPSA) is 49.8 Å². The van der Waals surface area contributed by atoms with Crippen LogP contribution in [-0.2, 0) is 17.6 Å². The first-order valence-electron chi connectivity index (χ1n) is 8.90. The van der Waals surface area contributed by atoms with Gasteiger partial charge in [-0.1, -0.05) is 0 Å². The molecule has 23 heavy (non-hydrogen) atoms. The van der Waals surface area contributed by atoms with Crippen LogP contribution in [0.3, 0.4) is 0 Å². The van der Waals surface area contributed by atoms with E-state index in [1.807, 2.05) is 4.90 Å². The van der Waals surface area contributed by atoms with Crippen LogP contribution in [0.1, 0.15) is 59.3 Å². The highest BCUT2D eigenvalue weighted by atomic mass is 32.1. The number of hydrogen-bond donors (Lipinski definition) is 1. The van der Waals surface area contributed by atoms with Crippen LogP contribution in [0.4, 0.5) is 0 Å². The number of thiophene rings is 1. The van der Waals surface area contributed by atoms with Crippen LogP contribution in [0.5, 0.6) is 0 Å². The summed E-state index contributed by atoms with van der Waals surface area (Å²) in [6.45, 7) is 2.13. The van der Waals surface area contributed by atoms with Crippen LogP contribution >= 0.6 is 11.3 Å². The Kier molecular flexibility index (Phi) is 4.20. The Hall–Kier alpha value is -0.910. The fraction of sp³-hybridized carbons (Fsp3) is 0.722. The molecule has 1 aromatic heterocycles. The standard InChI is InChI=1S/C18H25NO3S/c20-16-6-3-11-22-18(16)7-9-19(10-8-18)17(21)14-12-23-15-5-2-1-4-13(14)15/h12,16,20H,1-11H2. The summed E-state index contributed by atoms with van der Waals surface area (Å²) in [5, 5.41) is 12.4. The molecule has 5 heteroatoms. The molecule has 3 heterocycles. The van der Waals surface area contributed by atoms with E-state index in [9.17, 15) is 9.90 Å². The molecule has 4 rings (SSSR count). The van der Waals surface area contributed by atoms with Gasteiger partial charge in [-0.15, -0.1) is 11.3 Å². The van der Waals surface area contributed by atoms with E-state index < -0.39 is 5.60 Å². The van der Waals surface area contributed by atoms with Gasteiger partial charge in [0.1, 0.15) is 0 Å². The molecule has 1 aromatic rings. The van der Waals surface area contributed by atoms with Gasteiger partial charge in [0.05, 0.1) is 17.3 Å². The van der Waals surface area contributed by atoms with E-state index in [0.717, 1.165) is 50.7 Å². The van der Waals surface area contributed by atoms with Gasteiger partial charge in [0.2, 0.25) is 0 Å². The number of nitrogens with zero attached hydrogens (tertiary/aromatic N) is 1. The summed E-state index contributed by atoms with van der Waals surface area (Å²) in [5.74, 6) is 0.185. The van der Waals surface area contributed by atoms with Crippen LogP contribution in [0, 0.1) is 0 Å². The molecule has 1 amide bonds. The zero-order valence-corrected chi connectivity index (χ0v) is 14.4.